The van der Waals surface area contributed by atoms with Gasteiger partial charge >= 0.3 is 0 Å². The molecule has 1 heterocycles. The fourth-order valence-electron chi connectivity index (χ4n) is 1.98. The van der Waals surface area contributed by atoms with Crippen LogP contribution in [0.2, 0.25) is 5.02 Å². The van der Waals surface area contributed by atoms with Gasteiger partial charge in [0.05, 0.1) is 18.1 Å². The van der Waals surface area contributed by atoms with Crippen LogP contribution in [0.5, 0.6) is 0 Å². The second-order valence-electron chi connectivity index (χ2n) is 4.53. The maximum absolute atomic E-state index is 6.21. The Balaban J connectivity index is 0.00000200. The van der Waals surface area contributed by atoms with Crippen molar-refractivity contribution >= 4 is 48.2 Å². The summed E-state index contributed by atoms with van der Waals surface area (Å²) < 4.78 is 2.13. The molecule has 0 aliphatic heterocycles. The van der Waals surface area contributed by atoms with Crippen molar-refractivity contribution in [1.29, 1.82) is 0 Å². The average molecular weight is 352 g/mol. The van der Waals surface area contributed by atoms with Gasteiger partial charge in [-0.15, -0.1) is 24.0 Å². The predicted octanol–water partition coefficient (Wildman–Crippen LogP) is 4.61. The fourth-order valence-corrected chi connectivity index (χ4v) is 2.55. The van der Waals surface area contributed by atoms with Gasteiger partial charge in [0, 0.05) is 22.9 Å². The number of alkyl halides is 1. The van der Waals surface area contributed by atoms with Gasteiger partial charge in [0.1, 0.15) is 5.82 Å². The van der Waals surface area contributed by atoms with Crippen molar-refractivity contribution in [2.75, 3.05) is 0 Å². The standard InChI is InChI=1S/C14H16Cl2N2S.ClH/c1-10(19)6-14-17-8-12(7-15)18(14)9-11-4-2-3-5-13(11)16;/h2-5,8,10,19H,6-7,9H2,1H3;1H. The second kappa shape index (κ2) is 8.18. The summed E-state index contributed by atoms with van der Waals surface area (Å²) in [6.07, 6.45) is 2.64. The fraction of sp³-hybridized carbons (Fsp3) is 0.357. The second-order valence-corrected chi connectivity index (χ2v) is 6.09. The number of rotatable bonds is 5. The lowest BCUT2D eigenvalue weighted by Crippen LogP contribution is -2.11. The van der Waals surface area contributed by atoms with Crippen LogP contribution in [0.15, 0.2) is 30.5 Å². The first-order chi connectivity index (χ1) is 9.11. The van der Waals surface area contributed by atoms with E-state index in [0.717, 1.165) is 28.5 Å². The van der Waals surface area contributed by atoms with E-state index < -0.39 is 0 Å². The third-order valence-electron chi connectivity index (χ3n) is 2.92. The predicted molar refractivity (Wildman–Crippen MR) is 91.7 cm³/mol. The Morgan fingerprint density at radius 3 is 2.65 bits per heavy atom. The highest BCUT2D eigenvalue weighted by atomic mass is 35.5. The third-order valence-corrected chi connectivity index (χ3v) is 3.75. The van der Waals surface area contributed by atoms with Crippen molar-refractivity contribution in [2.45, 2.75) is 31.0 Å². The molecule has 0 amide bonds. The molecule has 2 rings (SSSR count). The average Bonchev–Trinajstić information content (AvgIpc) is 2.74. The number of nitrogens with zero attached hydrogens (tertiary/aromatic N) is 2. The van der Waals surface area contributed by atoms with Crippen LogP contribution in [-0.2, 0) is 18.8 Å². The molecule has 2 aromatic rings. The minimum absolute atomic E-state index is 0. The molecule has 1 unspecified atom stereocenters. The van der Waals surface area contributed by atoms with Crippen LogP contribution in [0.1, 0.15) is 24.0 Å². The summed E-state index contributed by atoms with van der Waals surface area (Å²) in [4.78, 5) is 4.44. The molecule has 0 fully saturated rings. The largest absolute Gasteiger partial charge is 0.326 e. The van der Waals surface area contributed by atoms with E-state index in [4.69, 9.17) is 23.2 Å². The van der Waals surface area contributed by atoms with E-state index in [9.17, 15) is 0 Å². The third kappa shape index (κ3) is 4.32. The Kier molecular flexibility index (Phi) is 7.24. The van der Waals surface area contributed by atoms with Crippen molar-refractivity contribution in [3.8, 4) is 0 Å². The molecule has 1 atom stereocenters. The zero-order chi connectivity index (χ0) is 13.8. The van der Waals surface area contributed by atoms with Gasteiger partial charge in [-0.3, -0.25) is 0 Å². The molecular weight excluding hydrogens is 335 g/mol. The Morgan fingerprint density at radius 1 is 1.35 bits per heavy atom. The normalized spacial score (nSPS) is 12.0. The van der Waals surface area contributed by atoms with Gasteiger partial charge in [-0.2, -0.15) is 12.6 Å². The Labute approximate surface area is 141 Å². The molecule has 1 aromatic heterocycles. The van der Waals surface area contributed by atoms with Crippen molar-refractivity contribution in [2.24, 2.45) is 0 Å². The van der Waals surface area contributed by atoms with Gasteiger partial charge in [0.2, 0.25) is 0 Å². The highest BCUT2D eigenvalue weighted by Crippen LogP contribution is 2.20. The summed E-state index contributed by atoms with van der Waals surface area (Å²) in [6, 6.07) is 7.83. The Bertz CT molecular complexity index is 555. The van der Waals surface area contributed by atoms with Crippen LogP contribution < -0.4 is 0 Å². The maximum atomic E-state index is 6.21. The molecule has 0 saturated carbocycles. The first-order valence-corrected chi connectivity index (χ1v) is 7.55. The molecule has 0 aliphatic rings. The zero-order valence-electron chi connectivity index (χ0n) is 11.1. The number of benzene rings is 1. The first kappa shape index (κ1) is 17.7. The van der Waals surface area contributed by atoms with Gasteiger partial charge in [-0.05, 0) is 11.6 Å². The first-order valence-electron chi connectivity index (χ1n) is 6.12. The number of halogens is 3. The molecule has 20 heavy (non-hydrogen) atoms. The Morgan fingerprint density at radius 2 is 2.05 bits per heavy atom. The molecule has 110 valence electrons. The van der Waals surface area contributed by atoms with E-state index in [-0.39, 0.29) is 17.7 Å². The quantitative estimate of drug-likeness (QED) is 0.615. The summed E-state index contributed by atoms with van der Waals surface area (Å²) in [6.45, 7) is 2.75. The smallest absolute Gasteiger partial charge is 0.110 e. The lowest BCUT2D eigenvalue weighted by atomic mass is 10.2. The molecule has 0 radical (unpaired) electrons. The lowest BCUT2D eigenvalue weighted by Gasteiger charge is -2.13. The van der Waals surface area contributed by atoms with Gasteiger partial charge in [0.25, 0.3) is 0 Å². The van der Waals surface area contributed by atoms with Crippen LogP contribution in [0.3, 0.4) is 0 Å². The highest BCUT2D eigenvalue weighted by Gasteiger charge is 2.12. The van der Waals surface area contributed by atoms with Crippen LogP contribution in [0.4, 0.5) is 0 Å². The van der Waals surface area contributed by atoms with E-state index in [2.05, 4.69) is 29.1 Å². The minimum Gasteiger partial charge on any atom is -0.326 e. The van der Waals surface area contributed by atoms with E-state index in [1.807, 2.05) is 30.5 Å². The van der Waals surface area contributed by atoms with Crippen molar-refractivity contribution in [3.05, 3.63) is 52.6 Å². The number of thiol groups is 1. The number of hydrogen-bond acceptors (Lipinski definition) is 2. The van der Waals surface area contributed by atoms with Crippen molar-refractivity contribution in [1.82, 2.24) is 9.55 Å². The molecule has 0 N–H and O–H groups in total. The molecule has 0 aliphatic carbocycles. The van der Waals surface area contributed by atoms with Gasteiger partial charge in [0.15, 0.2) is 0 Å². The van der Waals surface area contributed by atoms with E-state index in [1.165, 1.54) is 0 Å². The number of aromatic nitrogens is 2. The van der Waals surface area contributed by atoms with Crippen molar-refractivity contribution in [3.63, 3.8) is 0 Å². The molecule has 0 bridgehead atoms. The van der Waals surface area contributed by atoms with Crippen LogP contribution in [0.25, 0.3) is 0 Å². The van der Waals surface area contributed by atoms with Gasteiger partial charge < -0.3 is 4.57 Å². The van der Waals surface area contributed by atoms with E-state index >= 15 is 0 Å². The van der Waals surface area contributed by atoms with Crippen LogP contribution >= 0.6 is 48.2 Å². The summed E-state index contributed by atoms with van der Waals surface area (Å²) in [5, 5.41) is 1.03. The molecular formula is C14H17Cl3N2S. The summed E-state index contributed by atoms with van der Waals surface area (Å²) >= 11 is 16.6. The van der Waals surface area contributed by atoms with Crippen LogP contribution in [-0.4, -0.2) is 14.8 Å². The number of imidazole rings is 1. The zero-order valence-corrected chi connectivity index (χ0v) is 14.3. The summed E-state index contributed by atoms with van der Waals surface area (Å²) in [5.41, 5.74) is 2.08. The Hall–Kier alpha value is -0.350. The SMILES string of the molecule is CC(S)Cc1ncc(CCl)n1Cc1ccccc1Cl.Cl. The summed E-state index contributed by atoms with van der Waals surface area (Å²) in [5.74, 6) is 1.44. The van der Waals surface area contributed by atoms with E-state index in [1.54, 1.807) is 0 Å². The molecule has 2 nitrogen and oxygen atoms in total. The molecule has 0 spiro atoms. The van der Waals surface area contributed by atoms with Gasteiger partial charge in [-0.25, -0.2) is 4.98 Å². The monoisotopic (exact) mass is 350 g/mol. The molecule has 6 heteroatoms. The van der Waals surface area contributed by atoms with E-state index in [0.29, 0.717) is 12.4 Å². The summed E-state index contributed by atoms with van der Waals surface area (Å²) in [7, 11) is 0. The molecule has 1 aromatic carbocycles. The van der Waals surface area contributed by atoms with Crippen LogP contribution in [0, 0.1) is 0 Å². The number of hydrogen-bond donors (Lipinski definition) is 1. The lowest BCUT2D eigenvalue weighted by molar-refractivity contribution is 0.692. The molecule has 0 saturated heterocycles. The van der Waals surface area contributed by atoms with Crippen molar-refractivity contribution < 1.29 is 0 Å². The maximum Gasteiger partial charge on any atom is 0.110 e. The van der Waals surface area contributed by atoms with Gasteiger partial charge in [-0.1, -0.05) is 36.7 Å². The highest BCUT2D eigenvalue weighted by molar-refractivity contribution is 7.80. The minimum atomic E-state index is 0. The topological polar surface area (TPSA) is 17.8 Å².